The molecule has 1 aromatic rings. The van der Waals surface area contributed by atoms with E-state index in [9.17, 15) is 9.90 Å². The number of amides is 1. The van der Waals surface area contributed by atoms with Gasteiger partial charge >= 0.3 is 0 Å². The van der Waals surface area contributed by atoms with Crippen LogP contribution in [-0.4, -0.2) is 41.7 Å². The monoisotopic (exact) mass is 259 g/mol. The molecule has 1 saturated heterocycles. The van der Waals surface area contributed by atoms with E-state index < -0.39 is 6.10 Å². The molecule has 1 aromatic carbocycles. The number of nitrogens with one attached hydrogen (secondary N) is 1. The van der Waals surface area contributed by atoms with E-state index in [-0.39, 0.29) is 11.9 Å². The number of carbonyl (C=O) groups excluding carboxylic acids is 1. The molecular formula is C14H17N3O2. The van der Waals surface area contributed by atoms with Gasteiger partial charge in [0.05, 0.1) is 23.8 Å². The van der Waals surface area contributed by atoms with Crippen molar-refractivity contribution in [1.82, 2.24) is 10.2 Å². The molecule has 1 aliphatic rings. The van der Waals surface area contributed by atoms with E-state index in [0.717, 1.165) is 5.56 Å². The Kier molecular flexibility index (Phi) is 4.15. The Bertz CT molecular complexity index is 492. The zero-order valence-corrected chi connectivity index (χ0v) is 10.8. The van der Waals surface area contributed by atoms with Gasteiger partial charge in [0.1, 0.15) is 0 Å². The summed E-state index contributed by atoms with van der Waals surface area (Å²) in [6.45, 7) is 0.972. The van der Waals surface area contributed by atoms with Gasteiger partial charge in [-0.25, -0.2) is 0 Å². The smallest absolute Gasteiger partial charge is 0.239 e. The summed E-state index contributed by atoms with van der Waals surface area (Å²) in [6, 6.07) is 8.94. The summed E-state index contributed by atoms with van der Waals surface area (Å²) < 4.78 is 0. The number of nitrogens with zero attached hydrogens (tertiary/aromatic N) is 2. The quantitative estimate of drug-likeness (QED) is 0.815. The van der Waals surface area contributed by atoms with Crippen molar-refractivity contribution >= 4 is 5.91 Å². The molecule has 0 saturated carbocycles. The number of benzene rings is 1. The van der Waals surface area contributed by atoms with Crippen LogP contribution in [0.5, 0.6) is 0 Å². The van der Waals surface area contributed by atoms with Crippen molar-refractivity contribution < 1.29 is 9.90 Å². The zero-order valence-electron chi connectivity index (χ0n) is 10.8. The van der Waals surface area contributed by atoms with E-state index >= 15 is 0 Å². The lowest BCUT2D eigenvalue weighted by Gasteiger charge is -2.21. The van der Waals surface area contributed by atoms with Gasteiger partial charge in [-0.1, -0.05) is 12.1 Å². The lowest BCUT2D eigenvalue weighted by molar-refractivity contribution is -0.132. The number of β-amino-alcohol motifs (C(OH)–C–C–N with tert-alkyl or cyclic N) is 1. The van der Waals surface area contributed by atoms with Crippen molar-refractivity contribution in [2.75, 3.05) is 13.6 Å². The summed E-state index contributed by atoms with van der Waals surface area (Å²) in [7, 11) is 1.74. The highest BCUT2D eigenvalue weighted by atomic mass is 16.3. The first-order chi connectivity index (χ1) is 9.10. The molecule has 2 atom stereocenters. The predicted molar refractivity (Wildman–Crippen MR) is 70.0 cm³/mol. The maximum atomic E-state index is 12.1. The van der Waals surface area contributed by atoms with Gasteiger partial charge in [-0.05, 0) is 24.1 Å². The van der Waals surface area contributed by atoms with E-state index in [2.05, 4.69) is 11.4 Å². The van der Waals surface area contributed by atoms with Gasteiger partial charge in [-0.15, -0.1) is 0 Å². The van der Waals surface area contributed by atoms with E-state index in [1.165, 1.54) is 0 Å². The molecule has 0 aliphatic carbocycles. The number of likely N-dealkylation sites (N-methyl/N-ethyl adjacent to an activating group) is 1. The van der Waals surface area contributed by atoms with Crippen LogP contribution in [-0.2, 0) is 11.3 Å². The van der Waals surface area contributed by atoms with Crippen molar-refractivity contribution in [3.63, 3.8) is 0 Å². The fourth-order valence-corrected chi connectivity index (χ4v) is 2.21. The molecule has 1 fully saturated rings. The highest BCUT2D eigenvalue weighted by Crippen LogP contribution is 2.11. The van der Waals surface area contributed by atoms with Crippen molar-refractivity contribution in [3.8, 4) is 6.07 Å². The molecule has 1 amide bonds. The third-order valence-electron chi connectivity index (χ3n) is 3.28. The fourth-order valence-electron chi connectivity index (χ4n) is 2.21. The maximum Gasteiger partial charge on any atom is 0.239 e. The van der Waals surface area contributed by atoms with Crippen LogP contribution in [0, 0.1) is 11.3 Å². The Morgan fingerprint density at radius 1 is 1.53 bits per heavy atom. The minimum Gasteiger partial charge on any atom is -0.392 e. The van der Waals surface area contributed by atoms with Gasteiger partial charge in [-0.2, -0.15) is 5.26 Å². The number of aliphatic hydroxyl groups is 1. The van der Waals surface area contributed by atoms with E-state index in [1.54, 1.807) is 24.1 Å². The van der Waals surface area contributed by atoms with Gasteiger partial charge in [0, 0.05) is 20.1 Å². The number of rotatable bonds is 3. The van der Waals surface area contributed by atoms with E-state index in [0.29, 0.717) is 25.1 Å². The Balaban J connectivity index is 1.94. The average molecular weight is 259 g/mol. The average Bonchev–Trinajstić information content (AvgIpc) is 2.85. The summed E-state index contributed by atoms with van der Waals surface area (Å²) in [5, 5.41) is 21.1. The van der Waals surface area contributed by atoms with Crippen LogP contribution in [0.25, 0.3) is 0 Å². The van der Waals surface area contributed by atoms with Gasteiger partial charge < -0.3 is 15.3 Å². The molecule has 19 heavy (non-hydrogen) atoms. The summed E-state index contributed by atoms with van der Waals surface area (Å²) in [6.07, 6.45) is 0.0357. The minimum atomic E-state index is -0.433. The standard InChI is InChI=1S/C14H17N3O2/c1-17(14(19)13-6-12(18)8-16-13)9-11-4-2-10(7-15)3-5-11/h2-5,12-13,16,18H,6,8-9H2,1H3. The second-order valence-electron chi connectivity index (χ2n) is 4.85. The molecule has 2 rings (SSSR count). The molecule has 1 aliphatic heterocycles. The molecule has 0 radical (unpaired) electrons. The summed E-state index contributed by atoms with van der Waals surface area (Å²) in [5.41, 5.74) is 1.59. The van der Waals surface area contributed by atoms with E-state index in [1.807, 2.05) is 12.1 Å². The zero-order chi connectivity index (χ0) is 13.8. The number of nitriles is 1. The largest absolute Gasteiger partial charge is 0.392 e. The lowest BCUT2D eigenvalue weighted by atomic mass is 10.1. The molecule has 5 heteroatoms. The summed E-state index contributed by atoms with van der Waals surface area (Å²) >= 11 is 0. The first-order valence-corrected chi connectivity index (χ1v) is 6.25. The lowest BCUT2D eigenvalue weighted by Crippen LogP contribution is -2.41. The molecule has 2 N–H and O–H groups in total. The van der Waals surface area contributed by atoms with Crippen molar-refractivity contribution in [2.24, 2.45) is 0 Å². The second-order valence-corrected chi connectivity index (χ2v) is 4.85. The summed E-state index contributed by atoms with van der Waals surface area (Å²) in [5.74, 6) is -0.0130. The number of carbonyl (C=O) groups is 1. The molecule has 5 nitrogen and oxygen atoms in total. The van der Waals surface area contributed by atoms with Crippen LogP contribution < -0.4 is 5.32 Å². The first kappa shape index (κ1) is 13.5. The normalized spacial score (nSPS) is 21.9. The van der Waals surface area contributed by atoms with Gasteiger partial charge in [0.25, 0.3) is 0 Å². The van der Waals surface area contributed by atoms with Crippen molar-refractivity contribution in [3.05, 3.63) is 35.4 Å². The molecule has 100 valence electrons. The van der Waals surface area contributed by atoms with Crippen LogP contribution in [0.1, 0.15) is 17.5 Å². The summed E-state index contributed by atoms with van der Waals surface area (Å²) in [4.78, 5) is 13.8. The number of hydrogen-bond donors (Lipinski definition) is 2. The topological polar surface area (TPSA) is 76.4 Å². The third kappa shape index (κ3) is 3.31. The Hall–Kier alpha value is -1.90. The molecule has 0 spiro atoms. The Labute approximate surface area is 112 Å². The maximum absolute atomic E-state index is 12.1. The first-order valence-electron chi connectivity index (χ1n) is 6.25. The third-order valence-corrected chi connectivity index (χ3v) is 3.28. The van der Waals surface area contributed by atoms with Crippen molar-refractivity contribution in [1.29, 1.82) is 5.26 Å². The second kappa shape index (κ2) is 5.83. The number of hydrogen-bond acceptors (Lipinski definition) is 4. The number of aliphatic hydroxyl groups excluding tert-OH is 1. The SMILES string of the molecule is CN(Cc1ccc(C#N)cc1)C(=O)C1CC(O)CN1. The van der Waals surface area contributed by atoms with Crippen LogP contribution in [0.15, 0.2) is 24.3 Å². The minimum absolute atomic E-state index is 0.0130. The van der Waals surface area contributed by atoms with Crippen LogP contribution in [0.2, 0.25) is 0 Å². The van der Waals surface area contributed by atoms with Crippen LogP contribution >= 0.6 is 0 Å². The molecule has 0 aromatic heterocycles. The fraction of sp³-hybridized carbons (Fsp3) is 0.429. The van der Waals surface area contributed by atoms with Crippen LogP contribution in [0.4, 0.5) is 0 Å². The highest BCUT2D eigenvalue weighted by Gasteiger charge is 2.29. The van der Waals surface area contributed by atoms with Gasteiger partial charge in [-0.3, -0.25) is 4.79 Å². The molecule has 0 bridgehead atoms. The van der Waals surface area contributed by atoms with Gasteiger partial charge in [0.2, 0.25) is 5.91 Å². The van der Waals surface area contributed by atoms with Gasteiger partial charge in [0.15, 0.2) is 0 Å². The molecule has 1 heterocycles. The highest BCUT2D eigenvalue weighted by molar-refractivity contribution is 5.82. The Morgan fingerprint density at radius 2 is 2.21 bits per heavy atom. The van der Waals surface area contributed by atoms with E-state index in [4.69, 9.17) is 5.26 Å². The Morgan fingerprint density at radius 3 is 2.74 bits per heavy atom. The molecule has 2 unspecified atom stereocenters. The van der Waals surface area contributed by atoms with Crippen molar-refractivity contribution in [2.45, 2.75) is 25.1 Å². The van der Waals surface area contributed by atoms with Crippen LogP contribution in [0.3, 0.4) is 0 Å². The predicted octanol–water partition coefficient (Wildman–Crippen LogP) is 0.239. The molecular weight excluding hydrogens is 242 g/mol.